The summed E-state index contributed by atoms with van der Waals surface area (Å²) < 4.78 is 32.1. The van der Waals surface area contributed by atoms with Gasteiger partial charge in [0.05, 0.1) is 17.1 Å². The molecule has 5 aromatic carbocycles. The summed E-state index contributed by atoms with van der Waals surface area (Å²) in [6.07, 6.45) is 0. The van der Waals surface area contributed by atoms with Crippen molar-refractivity contribution >= 4 is 63.2 Å². The fourth-order valence-corrected chi connectivity index (χ4v) is 13.9. The Kier molecular flexibility index (Phi) is 5.95. The maximum Gasteiger partial charge on any atom is 0.175 e. The van der Waals surface area contributed by atoms with Crippen LogP contribution in [-0.4, -0.2) is 0 Å². The lowest BCUT2D eigenvalue weighted by molar-refractivity contribution is 0.592. The van der Waals surface area contributed by atoms with Crippen LogP contribution in [0.25, 0.3) is 0 Å². The number of fused-ring (bicyclic) bond motifs is 4. The lowest BCUT2D eigenvalue weighted by atomic mass is 10.1. The average molecular weight is 588 g/mol. The van der Waals surface area contributed by atoms with Crippen molar-refractivity contribution in [3.63, 3.8) is 0 Å². The molecule has 0 N–H and O–H groups in total. The molecule has 3 nitrogen and oxygen atoms in total. The second kappa shape index (κ2) is 9.18. The zero-order valence-corrected chi connectivity index (χ0v) is 27.0. The van der Waals surface area contributed by atoms with Gasteiger partial charge in [-0.05, 0) is 115 Å². The summed E-state index contributed by atoms with van der Waals surface area (Å²) in [4.78, 5) is 2.24. The highest BCUT2D eigenvalue weighted by molar-refractivity contribution is 7.88. The van der Waals surface area contributed by atoms with Gasteiger partial charge in [-0.2, -0.15) is 0 Å². The second-order valence-corrected chi connectivity index (χ2v) is 17.8. The van der Waals surface area contributed by atoms with Gasteiger partial charge >= 0.3 is 0 Å². The summed E-state index contributed by atoms with van der Waals surface area (Å²) in [5.41, 5.74) is 10.0. The summed E-state index contributed by atoms with van der Waals surface area (Å²) in [6, 6.07) is 29.3. The van der Waals surface area contributed by atoms with Gasteiger partial charge in [0, 0.05) is 31.8 Å². The van der Waals surface area contributed by atoms with E-state index in [2.05, 4.69) is 131 Å². The van der Waals surface area contributed by atoms with Crippen LogP contribution in [-0.2, 0) is 9.13 Å². The van der Waals surface area contributed by atoms with Gasteiger partial charge in [0.25, 0.3) is 0 Å². The van der Waals surface area contributed by atoms with Crippen molar-refractivity contribution in [2.45, 2.75) is 48.5 Å². The van der Waals surface area contributed by atoms with E-state index in [0.717, 1.165) is 87.8 Å². The number of benzene rings is 5. The Morgan fingerprint density at radius 3 is 1.12 bits per heavy atom. The number of anilines is 3. The summed E-state index contributed by atoms with van der Waals surface area (Å²) in [6.45, 7) is 14.4. The van der Waals surface area contributed by atoms with Crippen LogP contribution in [0.5, 0.6) is 0 Å². The first-order valence-corrected chi connectivity index (χ1v) is 17.9. The Labute approximate surface area is 249 Å². The molecule has 2 aliphatic rings. The number of aryl methyl sites for hydroxylation is 7. The zero-order valence-electron chi connectivity index (χ0n) is 25.2. The summed E-state index contributed by atoms with van der Waals surface area (Å²) in [5.74, 6) is 0. The molecule has 210 valence electrons. The lowest BCUT2D eigenvalue weighted by Crippen LogP contribution is -2.46. The standard InChI is InChI=1S/C37H35NO2P2/c1-22-8-10-31-33(18-22)41(39,29-14-24(3)12-25(4)15-29)35-20-28(7)21-36-37(35)38(31)32-11-9-23(2)19-34(32)42(36,40)30-16-26(5)13-27(6)17-30/h8-21H,1-7H3. The van der Waals surface area contributed by atoms with Crippen molar-refractivity contribution in [3.05, 3.63) is 124 Å². The smallest absolute Gasteiger partial charge is 0.175 e. The molecule has 0 amide bonds. The van der Waals surface area contributed by atoms with E-state index in [1.165, 1.54) is 0 Å². The van der Waals surface area contributed by atoms with Crippen molar-refractivity contribution in [2.75, 3.05) is 4.90 Å². The van der Waals surface area contributed by atoms with Gasteiger partial charge in [0.2, 0.25) is 0 Å². The van der Waals surface area contributed by atoms with Gasteiger partial charge in [-0.15, -0.1) is 0 Å². The van der Waals surface area contributed by atoms with Crippen LogP contribution in [0.3, 0.4) is 0 Å². The molecular weight excluding hydrogens is 552 g/mol. The van der Waals surface area contributed by atoms with Crippen LogP contribution >= 0.6 is 14.3 Å². The second-order valence-electron chi connectivity index (χ2n) is 12.4. The highest BCUT2D eigenvalue weighted by Gasteiger charge is 2.50. The topological polar surface area (TPSA) is 37.4 Å². The third-order valence-electron chi connectivity index (χ3n) is 8.68. The molecule has 0 saturated heterocycles. The van der Waals surface area contributed by atoms with E-state index in [1.807, 2.05) is 6.92 Å². The van der Waals surface area contributed by atoms with Gasteiger partial charge < -0.3 is 14.0 Å². The van der Waals surface area contributed by atoms with Crippen LogP contribution in [0.2, 0.25) is 0 Å². The van der Waals surface area contributed by atoms with Crippen LogP contribution in [0.1, 0.15) is 38.9 Å². The molecule has 42 heavy (non-hydrogen) atoms. The Bertz CT molecular complexity index is 1910. The Morgan fingerprint density at radius 1 is 0.405 bits per heavy atom. The van der Waals surface area contributed by atoms with Gasteiger partial charge in [0.15, 0.2) is 14.3 Å². The van der Waals surface area contributed by atoms with Crippen molar-refractivity contribution in [1.82, 2.24) is 0 Å². The molecule has 0 saturated carbocycles. The van der Waals surface area contributed by atoms with E-state index in [4.69, 9.17) is 0 Å². The maximum absolute atomic E-state index is 16.0. The van der Waals surface area contributed by atoms with E-state index in [-0.39, 0.29) is 0 Å². The number of rotatable bonds is 2. The predicted octanol–water partition coefficient (Wildman–Crippen LogP) is 7.22. The third-order valence-corrected chi connectivity index (χ3v) is 14.8. The minimum absolute atomic E-state index is 0.774. The molecule has 2 atom stereocenters. The van der Waals surface area contributed by atoms with Gasteiger partial charge in [0.1, 0.15) is 0 Å². The molecular formula is C37H35NO2P2. The molecule has 0 aliphatic carbocycles. The van der Waals surface area contributed by atoms with E-state index >= 15 is 9.13 Å². The molecule has 0 bridgehead atoms. The largest absolute Gasteiger partial charge is 0.308 e. The van der Waals surface area contributed by atoms with E-state index in [1.54, 1.807) is 0 Å². The molecule has 0 aromatic heterocycles. The molecule has 0 fully saturated rings. The minimum atomic E-state index is -3.35. The first kappa shape index (κ1) is 27.2. The van der Waals surface area contributed by atoms with Crippen molar-refractivity contribution in [1.29, 1.82) is 0 Å². The highest BCUT2D eigenvalue weighted by atomic mass is 31.2. The monoisotopic (exact) mass is 587 g/mol. The molecule has 0 radical (unpaired) electrons. The summed E-state index contributed by atoms with van der Waals surface area (Å²) in [5, 5.41) is 4.88. The number of hydrogen-bond donors (Lipinski definition) is 0. The molecule has 2 unspecified atom stereocenters. The van der Waals surface area contributed by atoms with E-state index in [0.29, 0.717) is 0 Å². The zero-order chi connectivity index (χ0) is 29.7. The normalized spacial score (nSPS) is 20.1. The van der Waals surface area contributed by atoms with Crippen LogP contribution in [0.15, 0.2) is 84.9 Å². The Balaban J connectivity index is 1.69. The lowest BCUT2D eigenvalue weighted by Gasteiger charge is -2.45. The fourth-order valence-electron chi connectivity index (χ4n) is 7.05. The Hall–Kier alpha value is -3.64. The average Bonchev–Trinajstić information content (AvgIpc) is 2.92. The Morgan fingerprint density at radius 2 is 0.738 bits per heavy atom. The quantitative estimate of drug-likeness (QED) is 0.201. The van der Waals surface area contributed by atoms with Gasteiger partial charge in [-0.1, -0.05) is 57.6 Å². The van der Waals surface area contributed by atoms with Gasteiger partial charge in [-0.3, -0.25) is 0 Å². The number of nitrogens with zero attached hydrogens (tertiary/aromatic N) is 1. The van der Waals surface area contributed by atoms with Crippen molar-refractivity contribution in [3.8, 4) is 0 Å². The third kappa shape index (κ3) is 3.73. The molecule has 2 aliphatic heterocycles. The SMILES string of the molecule is Cc1cc(C)cc(P2(=O)c3cc(C)ccc3N3c4ccc(C)cc4P(=O)(c4cc(C)cc(C)c4)c4cc(C)cc2c43)c1. The van der Waals surface area contributed by atoms with E-state index < -0.39 is 14.3 Å². The number of hydrogen-bond acceptors (Lipinski definition) is 3. The molecule has 7 rings (SSSR count). The van der Waals surface area contributed by atoms with Crippen LogP contribution in [0.4, 0.5) is 17.1 Å². The molecule has 5 heteroatoms. The maximum atomic E-state index is 16.0. The first-order valence-electron chi connectivity index (χ1n) is 14.5. The summed E-state index contributed by atoms with van der Waals surface area (Å²) >= 11 is 0. The first-order chi connectivity index (χ1) is 19.9. The van der Waals surface area contributed by atoms with E-state index in [9.17, 15) is 0 Å². The van der Waals surface area contributed by atoms with Crippen molar-refractivity contribution in [2.24, 2.45) is 0 Å². The summed E-state index contributed by atoms with van der Waals surface area (Å²) in [7, 11) is -6.70. The van der Waals surface area contributed by atoms with Crippen LogP contribution < -0.4 is 36.7 Å². The van der Waals surface area contributed by atoms with Crippen molar-refractivity contribution < 1.29 is 9.13 Å². The fraction of sp³-hybridized carbons (Fsp3) is 0.189. The van der Waals surface area contributed by atoms with Crippen LogP contribution in [0, 0.1) is 48.5 Å². The highest BCUT2D eigenvalue weighted by Crippen LogP contribution is 2.60. The van der Waals surface area contributed by atoms with Gasteiger partial charge in [-0.25, -0.2) is 0 Å². The molecule has 5 aromatic rings. The molecule has 2 heterocycles. The predicted molar refractivity (Wildman–Crippen MR) is 180 cm³/mol. The molecule has 0 spiro atoms. The minimum Gasteiger partial charge on any atom is -0.308 e.